The molecule has 0 aromatic carbocycles. The molecule has 0 N–H and O–H groups in total. The fourth-order valence-electron chi connectivity index (χ4n) is 12.0. The standard InChI is InChI=1S/C92H160NO8P/c1-6-8-10-12-14-16-18-20-22-24-26-28-30-32-34-36-38-40-42-44-45-46-47-49-50-52-54-56-58-60-62-64-66-68-70-72-74-76-78-80-82-84-91(94)98-88-90(89-100-102(96,97)99-87-86-93(3,4)5)101-92(95)85-83-81-79-77-75-73-71-69-67-65-63-61-59-57-55-53-51-48-43-41-39-37-35-33-31-29-27-25-23-21-19-17-15-13-11-9-7-2/h8-11,14-17,20-23,26-29,33,35,39,41,48,51,55,57,90H,6-7,12-13,18-19,24-25,30-32,34,36-38,40,42-47,49-50,52-54,56,58-89H2,1-5H3/b10-8-,11-9-,16-14-,17-15-,22-20-,23-21-,28-26-,29-27-,35-33-,41-39-,51-48-,57-55-. The average molecular weight is 1440 g/mol. The Morgan fingerprint density at radius 2 is 0.529 bits per heavy atom. The predicted octanol–water partition coefficient (Wildman–Crippen LogP) is 28.2. The first kappa shape index (κ1) is 97.9. The Morgan fingerprint density at radius 3 is 0.784 bits per heavy atom. The number of phosphoric ester groups is 1. The lowest BCUT2D eigenvalue weighted by atomic mass is 10.0. The first-order chi connectivity index (χ1) is 50.0. The van der Waals surface area contributed by atoms with Crippen molar-refractivity contribution in [2.24, 2.45) is 0 Å². The Bertz CT molecular complexity index is 2240. The summed E-state index contributed by atoms with van der Waals surface area (Å²) >= 11 is 0. The molecule has 0 saturated carbocycles. The van der Waals surface area contributed by atoms with Crippen LogP contribution in [-0.4, -0.2) is 70.0 Å². The number of hydrogen-bond acceptors (Lipinski definition) is 8. The van der Waals surface area contributed by atoms with Crippen molar-refractivity contribution in [2.45, 2.75) is 380 Å². The van der Waals surface area contributed by atoms with Gasteiger partial charge in [0.1, 0.15) is 19.8 Å². The molecule has 0 aromatic rings. The highest BCUT2D eigenvalue weighted by atomic mass is 31.2. The van der Waals surface area contributed by atoms with E-state index in [1.165, 1.54) is 225 Å². The van der Waals surface area contributed by atoms with Gasteiger partial charge >= 0.3 is 11.9 Å². The van der Waals surface area contributed by atoms with E-state index < -0.39 is 26.5 Å². The van der Waals surface area contributed by atoms with Crippen molar-refractivity contribution in [3.63, 3.8) is 0 Å². The van der Waals surface area contributed by atoms with E-state index in [1.54, 1.807) is 0 Å². The lowest BCUT2D eigenvalue weighted by Crippen LogP contribution is -2.37. The molecule has 0 aliphatic rings. The maximum atomic E-state index is 12.9. The summed E-state index contributed by atoms with van der Waals surface area (Å²) in [5.74, 6) is -0.825. The van der Waals surface area contributed by atoms with Gasteiger partial charge < -0.3 is 27.9 Å². The van der Waals surface area contributed by atoms with Gasteiger partial charge in [0.05, 0.1) is 27.7 Å². The molecule has 0 aliphatic heterocycles. The van der Waals surface area contributed by atoms with Crippen LogP contribution in [0.1, 0.15) is 373 Å². The molecule has 0 fully saturated rings. The molecule has 0 amide bonds. The van der Waals surface area contributed by atoms with Gasteiger partial charge in [-0.15, -0.1) is 0 Å². The molecular weight excluding hydrogens is 1280 g/mol. The predicted molar refractivity (Wildman–Crippen MR) is 443 cm³/mol. The van der Waals surface area contributed by atoms with Crippen molar-refractivity contribution >= 4 is 19.8 Å². The van der Waals surface area contributed by atoms with Crippen molar-refractivity contribution in [1.82, 2.24) is 0 Å². The first-order valence-corrected chi connectivity index (χ1v) is 44.0. The summed E-state index contributed by atoms with van der Waals surface area (Å²) in [7, 11) is 1.17. The van der Waals surface area contributed by atoms with Gasteiger partial charge in [0.15, 0.2) is 6.10 Å². The van der Waals surface area contributed by atoms with Gasteiger partial charge in [-0.2, -0.15) is 0 Å². The Kier molecular flexibility index (Phi) is 77.7. The highest BCUT2D eigenvalue weighted by Gasteiger charge is 2.22. The summed E-state index contributed by atoms with van der Waals surface area (Å²) in [6.07, 6.45) is 120. The topological polar surface area (TPSA) is 111 Å². The highest BCUT2D eigenvalue weighted by molar-refractivity contribution is 7.45. The zero-order chi connectivity index (χ0) is 74.0. The van der Waals surface area contributed by atoms with Gasteiger partial charge in [-0.3, -0.25) is 14.2 Å². The fourth-order valence-corrected chi connectivity index (χ4v) is 12.7. The molecule has 9 nitrogen and oxygen atoms in total. The van der Waals surface area contributed by atoms with Gasteiger partial charge in [-0.25, -0.2) is 0 Å². The smallest absolute Gasteiger partial charge is 0.306 e. The second-order valence-corrected chi connectivity index (χ2v) is 30.8. The Balaban J connectivity index is 3.93. The van der Waals surface area contributed by atoms with Crippen LogP contribution in [0.15, 0.2) is 146 Å². The third-order valence-electron chi connectivity index (χ3n) is 18.4. The SMILES string of the molecule is CC/C=C\C/C=C\C/C=C\C/C=C\C/C=C\C/C=C\C/C=C\C/C=C\CCCCCCCCCCCCCCC(=O)OC(COC(=O)CCCCCCCCCCCCCCCCCCCCCCCCCCCCCC/C=C\C/C=C\C/C=C\C/C=C\CC)COP(=O)([O-])OCC[N+](C)(C)C. The molecule has 0 saturated heterocycles. The first-order valence-electron chi connectivity index (χ1n) is 42.5. The molecule has 2 atom stereocenters. The van der Waals surface area contributed by atoms with Crippen LogP contribution in [0.4, 0.5) is 0 Å². The van der Waals surface area contributed by atoms with Crippen LogP contribution in [0.2, 0.25) is 0 Å². The monoisotopic (exact) mass is 1440 g/mol. The number of phosphoric acid groups is 1. The van der Waals surface area contributed by atoms with E-state index in [9.17, 15) is 19.0 Å². The summed E-state index contributed by atoms with van der Waals surface area (Å²) in [4.78, 5) is 38.2. The zero-order valence-electron chi connectivity index (χ0n) is 67.0. The molecule has 0 aromatic heterocycles. The van der Waals surface area contributed by atoms with Gasteiger partial charge in [0.2, 0.25) is 0 Å². The highest BCUT2D eigenvalue weighted by Crippen LogP contribution is 2.38. The Hall–Kier alpha value is -4.11. The van der Waals surface area contributed by atoms with Crippen molar-refractivity contribution in [2.75, 3.05) is 47.5 Å². The number of esters is 2. The van der Waals surface area contributed by atoms with Crippen LogP contribution in [0.5, 0.6) is 0 Å². The molecule has 586 valence electrons. The molecule has 0 radical (unpaired) electrons. The number of carbonyl (C=O) groups excluding carboxylic acids is 2. The number of nitrogens with zero attached hydrogens (tertiary/aromatic N) is 1. The number of hydrogen-bond donors (Lipinski definition) is 0. The molecule has 2 unspecified atom stereocenters. The van der Waals surface area contributed by atoms with Crippen LogP contribution < -0.4 is 4.89 Å². The molecule has 0 bridgehead atoms. The molecular formula is C92H160NO8P. The summed E-state index contributed by atoms with van der Waals surface area (Å²) in [5.41, 5.74) is 0. The molecule has 0 spiro atoms. The van der Waals surface area contributed by atoms with E-state index in [1.807, 2.05) is 21.1 Å². The third-order valence-corrected chi connectivity index (χ3v) is 19.3. The number of allylic oxidation sites excluding steroid dienone is 24. The van der Waals surface area contributed by atoms with Crippen LogP contribution >= 0.6 is 7.82 Å². The summed E-state index contributed by atoms with van der Waals surface area (Å²) in [6, 6.07) is 0. The fraction of sp³-hybridized carbons (Fsp3) is 0.717. The average Bonchev–Trinajstić information content (AvgIpc) is 0.913. The maximum Gasteiger partial charge on any atom is 0.306 e. The number of unbranched alkanes of at least 4 members (excludes halogenated alkanes) is 40. The number of ether oxygens (including phenoxy) is 2. The van der Waals surface area contributed by atoms with E-state index in [0.717, 1.165) is 116 Å². The van der Waals surface area contributed by atoms with Crippen LogP contribution in [-0.2, 0) is 32.7 Å². The Morgan fingerprint density at radius 1 is 0.304 bits per heavy atom. The third kappa shape index (κ3) is 84.8. The van der Waals surface area contributed by atoms with E-state index in [-0.39, 0.29) is 32.0 Å². The number of rotatable bonds is 78. The summed E-state index contributed by atoms with van der Waals surface area (Å²) in [5, 5.41) is 0. The van der Waals surface area contributed by atoms with E-state index >= 15 is 0 Å². The molecule has 0 aliphatic carbocycles. The van der Waals surface area contributed by atoms with Crippen molar-refractivity contribution in [3.05, 3.63) is 146 Å². The lowest BCUT2D eigenvalue weighted by Gasteiger charge is -2.28. The van der Waals surface area contributed by atoms with E-state index in [2.05, 4.69) is 160 Å². The summed E-state index contributed by atoms with van der Waals surface area (Å²) in [6.45, 7) is 4.05. The maximum absolute atomic E-state index is 12.9. The second kappa shape index (κ2) is 81.0. The molecule has 10 heteroatoms. The van der Waals surface area contributed by atoms with Crippen molar-refractivity contribution in [1.29, 1.82) is 0 Å². The number of quaternary nitrogens is 1. The minimum Gasteiger partial charge on any atom is -0.756 e. The van der Waals surface area contributed by atoms with Crippen molar-refractivity contribution in [3.8, 4) is 0 Å². The number of likely N-dealkylation sites (N-methyl/N-ethyl adjacent to an activating group) is 1. The quantitative estimate of drug-likeness (QED) is 0.0195. The minimum absolute atomic E-state index is 0.0344. The van der Waals surface area contributed by atoms with Crippen molar-refractivity contribution < 1.29 is 42.1 Å². The van der Waals surface area contributed by atoms with E-state index in [4.69, 9.17) is 18.5 Å². The molecule has 0 heterocycles. The van der Waals surface area contributed by atoms with Crippen LogP contribution in [0, 0.1) is 0 Å². The molecule has 102 heavy (non-hydrogen) atoms. The minimum atomic E-state index is -4.65. The lowest BCUT2D eigenvalue weighted by molar-refractivity contribution is -0.870. The van der Waals surface area contributed by atoms with Crippen LogP contribution in [0.25, 0.3) is 0 Å². The number of carbonyl (C=O) groups is 2. The van der Waals surface area contributed by atoms with Gasteiger partial charge in [-0.1, -0.05) is 391 Å². The molecule has 0 rings (SSSR count). The largest absolute Gasteiger partial charge is 0.756 e. The normalized spacial score (nSPS) is 13.7. The second-order valence-electron chi connectivity index (χ2n) is 29.4. The summed E-state index contributed by atoms with van der Waals surface area (Å²) < 4.78 is 34.5. The Labute approximate surface area is 631 Å². The van der Waals surface area contributed by atoms with E-state index in [0.29, 0.717) is 17.4 Å². The van der Waals surface area contributed by atoms with Gasteiger partial charge in [-0.05, 0) is 116 Å². The van der Waals surface area contributed by atoms with Gasteiger partial charge in [0.25, 0.3) is 7.82 Å². The zero-order valence-corrected chi connectivity index (χ0v) is 67.9. The van der Waals surface area contributed by atoms with Crippen LogP contribution in [0.3, 0.4) is 0 Å². The van der Waals surface area contributed by atoms with Gasteiger partial charge in [0, 0.05) is 12.8 Å².